The van der Waals surface area contributed by atoms with Crippen molar-refractivity contribution in [3.63, 3.8) is 0 Å². The molecule has 8 nitrogen and oxygen atoms in total. The highest BCUT2D eigenvalue weighted by Crippen LogP contribution is 2.41. The molecule has 1 N–H and O–H groups in total. The molecule has 2 aromatic carbocycles. The lowest BCUT2D eigenvalue weighted by Gasteiger charge is -2.32. The quantitative estimate of drug-likeness (QED) is 0.232. The van der Waals surface area contributed by atoms with Gasteiger partial charge in [-0.2, -0.15) is 0 Å². The first-order valence-corrected chi connectivity index (χ1v) is 17.0. The lowest BCUT2D eigenvalue weighted by molar-refractivity contribution is -0.121. The van der Waals surface area contributed by atoms with Crippen molar-refractivity contribution in [1.82, 2.24) is 24.3 Å². The van der Waals surface area contributed by atoms with Gasteiger partial charge < -0.3 is 14.4 Å². The molecular formula is C34H36ClFN6O2S. The molecule has 4 aromatic rings. The predicted molar refractivity (Wildman–Crippen MR) is 175 cm³/mol. The lowest BCUT2D eigenvalue weighted by atomic mass is 9.84. The fourth-order valence-corrected chi connectivity index (χ4v) is 8.01. The molecule has 0 saturated carbocycles. The highest BCUT2D eigenvalue weighted by atomic mass is 35.5. The van der Waals surface area contributed by atoms with Crippen LogP contribution in [-0.2, 0) is 30.7 Å². The van der Waals surface area contributed by atoms with Crippen LogP contribution in [0.4, 0.5) is 9.52 Å². The fraction of sp³-hybridized carbons (Fsp3) is 0.412. The Morgan fingerprint density at radius 2 is 1.98 bits per heavy atom. The van der Waals surface area contributed by atoms with Gasteiger partial charge in [0.2, 0.25) is 0 Å². The van der Waals surface area contributed by atoms with Crippen LogP contribution >= 0.6 is 22.9 Å². The molecule has 0 spiro atoms. The third-order valence-electron chi connectivity index (χ3n) is 9.62. The summed E-state index contributed by atoms with van der Waals surface area (Å²) in [6.07, 6.45) is 5.49. The molecule has 2 aromatic heterocycles. The molecule has 45 heavy (non-hydrogen) atoms. The molecule has 0 radical (unpaired) electrons. The SMILES string of the molecule is CCc1cc(-c2cc(Cl)c3c(c2)C(=O)N(C(C(=O)Nc2nccs2)c2ncn4c2CC(F)C4)C3)ccc1C1CCN(CC)CC1. The number of fused-ring (bicyclic) bond motifs is 2. The van der Waals surface area contributed by atoms with Crippen LogP contribution in [0.3, 0.4) is 0 Å². The van der Waals surface area contributed by atoms with Crippen LogP contribution < -0.4 is 5.32 Å². The largest absolute Gasteiger partial charge is 0.331 e. The average Bonchev–Trinajstić information content (AvgIpc) is 3.84. The summed E-state index contributed by atoms with van der Waals surface area (Å²) in [6, 6.07) is 9.37. The number of likely N-dealkylation sites (tertiary alicyclic amines) is 1. The third-order valence-corrected chi connectivity index (χ3v) is 10.6. The van der Waals surface area contributed by atoms with Crippen LogP contribution in [0.15, 0.2) is 48.2 Å². The maximum Gasteiger partial charge on any atom is 0.255 e. The van der Waals surface area contributed by atoms with Crippen LogP contribution in [-0.4, -0.2) is 62.0 Å². The van der Waals surface area contributed by atoms with Gasteiger partial charge in [0.25, 0.3) is 11.8 Å². The molecule has 11 heteroatoms. The first-order chi connectivity index (χ1) is 21.8. The van der Waals surface area contributed by atoms with E-state index in [1.54, 1.807) is 22.5 Å². The van der Waals surface area contributed by atoms with Crippen LogP contribution in [0, 0.1) is 0 Å². The van der Waals surface area contributed by atoms with Crippen LogP contribution in [0.1, 0.15) is 77.1 Å². The van der Waals surface area contributed by atoms with Gasteiger partial charge >= 0.3 is 0 Å². The van der Waals surface area contributed by atoms with Crippen molar-refractivity contribution in [2.24, 2.45) is 0 Å². The number of halogens is 2. The number of imidazole rings is 1. The van der Waals surface area contributed by atoms with Gasteiger partial charge in [-0.15, -0.1) is 11.3 Å². The van der Waals surface area contributed by atoms with Crippen molar-refractivity contribution in [3.8, 4) is 11.1 Å². The number of carbonyl (C=O) groups is 2. The van der Waals surface area contributed by atoms with Gasteiger partial charge in [-0.3, -0.25) is 14.9 Å². The minimum Gasteiger partial charge on any atom is -0.331 e. The minimum absolute atomic E-state index is 0.143. The standard InChI is InChI=1S/C34H36ClFN6O2S/c1-3-20-13-22(5-6-25(20)21-7-10-40(4-2)11-8-21)23-14-26-27(28(35)15-23)18-42(33(26)44)31(32(43)39-34-37-9-12-45-34)30-29-16-24(36)17-41(29)19-38-30/h5-6,9,12-15,19,21,24,31H,3-4,7-8,10-11,16-18H2,1-2H3,(H,37,39,43). The van der Waals surface area contributed by atoms with Crippen LogP contribution in [0.2, 0.25) is 5.02 Å². The Hall–Kier alpha value is -3.60. The maximum atomic E-state index is 14.4. The van der Waals surface area contributed by atoms with Gasteiger partial charge in [-0.25, -0.2) is 14.4 Å². The summed E-state index contributed by atoms with van der Waals surface area (Å²) in [4.78, 5) is 40.6. The number of aromatic nitrogens is 3. The second kappa shape index (κ2) is 12.3. The molecule has 2 amide bonds. The molecule has 2 unspecified atom stereocenters. The summed E-state index contributed by atoms with van der Waals surface area (Å²) in [7, 11) is 0. The zero-order valence-corrected chi connectivity index (χ0v) is 27.0. The molecule has 1 fully saturated rings. The van der Waals surface area contributed by atoms with Gasteiger partial charge in [0.1, 0.15) is 6.17 Å². The number of rotatable bonds is 8. The van der Waals surface area contributed by atoms with Crippen molar-refractivity contribution < 1.29 is 14.0 Å². The van der Waals surface area contributed by atoms with Crippen molar-refractivity contribution in [2.75, 3.05) is 25.0 Å². The number of nitrogens with one attached hydrogen (secondary N) is 1. The minimum atomic E-state index is -1.07. The first-order valence-electron chi connectivity index (χ1n) is 15.7. The van der Waals surface area contributed by atoms with Crippen LogP contribution in [0.5, 0.6) is 0 Å². The summed E-state index contributed by atoms with van der Waals surface area (Å²) in [5.74, 6) is -0.195. The van der Waals surface area contributed by atoms with Gasteiger partial charge in [0, 0.05) is 46.4 Å². The number of thiazole rings is 1. The van der Waals surface area contributed by atoms with Crippen molar-refractivity contribution >= 4 is 39.9 Å². The molecular weight excluding hydrogens is 611 g/mol. The Morgan fingerprint density at radius 3 is 2.71 bits per heavy atom. The van der Waals surface area contributed by atoms with Crippen LogP contribution in [0.25, 0.3) is 11.1 Å². The molecule has 2 atom stereocenters. The van der Waals surface area contributed by atoms with E-state index in [0.717, 1.165) is 37.2 Å². The molecule has 234 valence electrons. The molecule has 3 aliphatic heterocycles. The number of nitrogens with zero attached hydrogens (tertiary/aromatic N) is 5. The molecule has 0 aliphatic carbocycles. The number of carbonyl (C=O) groups excluding carboxylic acids is 2. The number of aryl methyl sites for hydroxylation is 1. The van der Waals surface area contributed by atoms with Crippen molar-refractivity contribution in [3.05, 3.63) is 86.9 Å². The van der Waals surface area contributed by atoms with E-state index < -0.39 is 18.1 Å². The number of hydrogen-bond donors (Lipinski definition) is 1. The molecule has 5 heterocycles. The fourth-order valence-electron chi connectivity index (χ4n) is 7.20. The van der Waals surface area contributed by atoms with Crippen molar-refractivity contribution in [1.29, 1.82) is 0 Å². The van der Waals surface area contributed by atoms with E-state index in [9.17, 15) is 14.0 Å². The number of alkyl halides is 1. The summed E-state index contributed by atoms with van der Waals surface area (Å²) >= 11 is 8.17. The van der Waals surface area contributed by atoms with E-state index in [0.29, 0.717) is 38.6 Å². The van der Waals surface area contributed by atoms with E-state index >= 15 is 0 Å². The number of benzene rings is 2. The van der Waals surface area contributed by atoms with E-state index in [1.165, 1.54) is 40.2 Å². The molecule has 0 bridgehead atoms. The summed E-state index contributed by atoms with van der Waals surface area (Å²) in [6.45, 7) is 8.10. The van der Waals surface area contributed by atoms with Crippen molar-refractivity contribution in [2.45, 2.75) is 70.8 Å². The number of anilines is 1. The second-order valence-corrected chi connectivity index (χ2v) is 13.5. The normalized spacial score (nSPS) is 19.2. The van der Waals surface area contributed by atoms with Gasteiger partial charge in [-0.05, 0) is 79.2 Å². The monoisotopic (exact) mass is 646 g/mol. The van der Waals surface area contributed by atoms with Gasteiger partial charge in [-0.1, -0.05) is 43.6 Å². The predicted octanol–water partition coefficient (Wildman–Crippen LogP) is 6.65. The van der Waals surface area contributed by atoms with E-state index in [4.69, 9.17) is 11.6 Å². The Morgan fingerprint density at radius 1 is 1.16 bits per heavy atom. The Kier molecular flexibility index (Phi) is 8.22. The van der Waals surface area contributed by atoms with E-state index in [-0.39, 0.29) is 25.4 Å². The smallest absolute Gasteiger partial charge is 0.255 e. The lowest BCUT2D eigenvalue weighted by Crippen LogP contribution is -2.38. The van der Waals surface area contributed by atoms with E-state index in [2.05, 4.69) is 52.2 Å². The third kappa shape index (κ3) is 5.57. The summed E-state index contributed by atoms with van der Waals surface area (Å²) < 4.78 is 16.1. The van der Waals surface area contributed by atoms with E-state index in [1.807, 2.05) is 12.1 Å². The molecule has 7 rings (SSSR count). The van der Waals surface area contributed by atoms with Gasteiger partial charge in [0.05, 0.1) is 18.6 Å². The Balaban J connectivity index is 1.20. The summed E-state index contributed by atoms with van der Waals surface area (Å²) in [5.41, 5.74) is 6.78. The number of amides is 2. The highest BCUT2D eigenvalue weighted by Gasteiger charge is 2.42. The summed E-state index contributed by atoms with van der Waals surface area (Å²) in [5, 5.41) is 5.49. The second-order valence-electron chi connectivity index (χ2n) is 12.2. The Labute approximate surface area is 271 Å². The molecule has 1 saturated heterocycles. The zero-order valence-electron chi connectivity index (χ0n) is 25.4. The first kappa shape index (κ1) is 30.1. The number of hydrogen-bond acceptors (Lipinski definition) is 6. The maximum absolute atomic E-state index is 14.4. The topological polar surface area (TPSA) is 83.4 Å². The zero-order chi connectivity index (χ0) is 31.2. The highest BCUT2D eigenvalue weighted by molar-refractivity contribution is 7.13. The van der Waals surface area contributed by atoms with Gasteiger partial charge in [0.15, 0.2) is 11.2 Å². The average molecular weight is 647 g/mol. The number of piperidine rings is 1. The Bertz CT molecular complexity index is 1750. The molecule has 3 aliphatic rings.